The van der Waals surface area contributed by atoms with Gasteiger partial charge in [-0.25, -0.2) is 0 Å². The molecule has 1 aromatic heterocycles. The molecule has 0 radical (unpaired) electrons. The summed E-state index contributed by atoms with van der Waals surface area (Å²) in [5, 5.41) is 0. The van der Waals surface area contributed by atoms with Crippen molar-refractivity contribution >= 4 is 27.7 Å². The molecule has 2 N–H and O–H groups in total. The van der Waals surface area contributed by atoms with Crippen molar-refractivity contribution in [3.63, 3.8) is 0 Å². The van der Waals surface area contributed by atoms with Gasteiger partial charge >= 0.3 is 0 Å². The molecular formula is C10H12BrN3O2. The molecule has 1 heterocycles. The molecule has 0 spiro atoms. The van der Waals surface area contributed by atoms with Crippen molar-refractivity contribution in [2.75, 3.05) is 0 Å². The lowest BCUT2D eigenvalue weighted by Crippen LogP contribution is -2.48. The van der Waals surface area contributed by atoms with Gasteiger partial charge in [0.1, 0.15) is 4.32 Å². The second kappa shape index (κ2) is 5.07. The maximum atomic E-state index is 11.5. The molecule has 0 unspecified atom stereocenters. The van der Waals surface area contributed by atoms with Crippen LogP contribution in [0.15, 0.2) is 24.5 Å². The largest absolute Gasteiger partial charge is 0.272 e. The third-order valence-corrected chi connectivity index (χ3v) is 2.13. The van der Waals surface area contributed by atoms with E-state index < -0.39 is 4.32 Å². The Kier molecular flexibility index (Phi) is 4.00. The number of hydrazine groups is 1. The first-order valence-corrected chi connectivity index (χ1v) is 5.40. The van der Waals surface area contributed by atoms with E-state index in [-0.39, 0.29) is 11.8 Å². The normalized spacial score (nSPS) is 10.7. The third-order valence-electron chi connectivity index (χ3n) is 1.77. The SMILES string of the molecule is CC(C)(Br)C(=O)NNC(=O)c1ccncc1. The molecule has 1 aromatic rings. The van der Waals surface area contributed by atoms with E-state index >= 15 is 0 Å². The van der Waals surface area contributed by atoms with Gasteiger partial charge in [0.15, 0.2) is 0 Å². The number of rotatable bonds is 2. The first-order valence-electron chi connectivity index (χ1n) is 4.61. The van der Waals surface area contributed by atoms with Crippen molar-refractivity contribution in [2.45, 2.75) is 18.2 Å². The van der Waals surface area contributed by atoms with Crippen LogP contribution >= 0.6 is 15.9 Å². The van der Waals surface area contributed by atoms with Crippen LogP contribution in [0.25, 0.3) is 0 Å². The number of nitrogens with one attached hydrogen (secondary N) is 2. The minimum Gasteiger partial charge on any atom is -0.272 e. The van der Waals surface area contributed by atoms with Crippen molar-refractivity contribution in [2.24, 2.45) is 0 Å². The topological polar surface area (TPSA) is 71.1 Å². The number of carbonyl (C=O) groups excluding carboxylic acids is 2. The van der Waals surface area contributed by atoms with Crippen molar-refractivity contribution in [1.29, 1.82) is 0 Å². The summed E-state index contributed by atoms with van der Waals surface area (Å²) >= 11 is 3.18. The molecule has 0 aromatic carbocycles. The average molecular weight is 286 g/mol. The number of hydrogen-bond donors (Lipinski definition) is 2. The molecule has 1 rings (SSSR count). The molecule has 86 valence electrons. The van der Waals surface area contributed by atoms with Crippen LogP contribution in [0.1, 0.15) is 24.2 Å². The van der Waals surface area contributed by atoms with E-state index in [4.69, 9.17) is 0 Å². The van der Waals surface area contributed by atoms with E-state index in [0.717, 1.165) is 0 Å². The molecule has 0 saturated carbocycles. The van der Waals surface area contributed by atoms with Crippen LogP contribution < -0.4 is 10.9 Å². The second-order valence-electron chi connectivity index (χ2n) is 3.62. The molecular weight excluding hydrogens is 274 g/mol. The summed E-state index contributed by atoms with van der Waals surface area (Å²) in [7, 11) is 0. The summed E-state index contributed by atoms with van der Waals surface area (Å²) in [6.45, 7) is 3.36. The molecule has 0 fully saturated rings. The van der Waals surface area contributed by atoms with Crippen LogP contribution in [0.2, 0.25) is 0 Å². The van der Waals surface area contributed by atoms with Gasteiger partial charge in [0.25, 0.3) is 11.8 Å². The molecule has 6 heteroatoms. The van der Waals surface area contributed by atoms with Crippen LogP contribution in [-0.2, 0) is 4.79 Å². The third kappa shape index (κ3) is 3.62. The fourth-order valence-corrected chi connectivity index (χ4v) is 0.937. The summed E-state index contributed by atoms with van der Waals surface area (Å²) in [6, 6.07) is 3.11. The van der Waals surface area contributed by atoms with Gasteiger partial charge in [-0.1, -0.05) is 15.9 Å². The van der Waals surface area contributed by atoms with Gasteiger partial charge < -0.3 is 0 Å². The smallest absolute Gasteiger partial charge is 0.269 e. The van der Waals surface area contributed by atoms with Gasteiger partial charge in [0.2, 0.25) is 0 Å². The molecule has 0 aliphatic carbocycles. The molecule has 2 amide bonds. The highest BCUT2D eigenvalue weighted by Crippen LogP contribution is 2.14. The van der Waals surface area contributed by atoms with Gasteiger partial charge in [0.05, 0.1) is 0 Å². The highest BCUT2D eigenvalue weighted by Gasteiger charge is 2.23. The monoisotopic (exact) mass is 285 g/mol. The summed E-state index contributed by atoms with van der Waals surface area (Å²) in [5.41, 5.74) is 5.06. The van der Waals surface area contributed by atoms with Crippen LogP contribution in [0, 0.1) is 0 Å². The molecule has 16 heavy (non-hydrogen) atoms. The molecule has 0 saturated heterocycles. The van der Waals surface area contributed by atoms with E-state index in [9.17, 15) is 9.59 Å². The Morgan fingerprint density at radius 3 is 2.31 bits per heavy atom. The predicted octanol–water partition coefficient (Wildman–Crippen LogP) is 1.02. The molecule has 0 aliphatic heterocycles. The minimum absolute atomic E-state index is 0.324. The summed E-state index contributed by atoms with van der Waals surface area (Å²) in [5.74, 6) is -0.706. The van der Waals surface area contributed by atoms with Crippen LogP contribution in [-0.4, -0.2) is 21.1 Å². The first kappa shape index (κ1) is 12.6. The van der Waals surface area contributed by atoms with E-state index in [1.165, 1.54) is 12.4 Å². The molecule has 5 nitrogen and oxygen atoms in total. The molecule has 0 bridgehead atoms. The minimum atomic E-state index is -0.724. The number of carbonyl (C=O) groups is 2. The molecule has 0 aliphatic rings. The zero-order valence-corrected chi connectivity index (χ0v) is 10.5. The summed E-state index contributed by atoms with van der Waals surface area (Å²) in [4.78, 5) is 26.7. The zero-order valence-electron chi connectivity index (χ0n) is 8.95. The van der Waals surface area contributed by atoms with Crippen molar-refractivity contribution in [3.8, 4) is 0 Å². The first-order chi connectivity index (χ1) is 7.41. The Morgan fingerprint density at radius 1 is 1.25 bits per heavy atom. The quantitative estimate of drug-likeness (QED) is 0.630. The van der Waals surface area contributed by atoms with Crippen LogP contribution in [0.3, 0.4) is 0 Å². The Labute approximate surface area is 102 Å². The number of nitrogens with zero attached hydrogens (tertiary/aromatic N) is 1. The van der Waals surface area contributed by atoms with Gasteiger partial charge in [-0.15, -0.1) is 0 Å². The lowest BCUT2D eigenvalue weighted by atomic mass is 10.2. The number of aromatic nitrogens is 1. The highest BCUT2D eigenvalue weighted by molar-refractivity contribution is 9.10. The fourth-order valence-electron chi connectivity index (χ4n) is 0.838. The highest BCUT2D eigenvalue weighted by atomic mass is 79.9. The number of pyridine rings is 1. The summed E-state index contributed by atoms with van der Waals surface area (Å²) < 4.78 is -0.724. The summed E-state index contributed by atoms with van der Waals surface area (Å²) in [6.07, 6.45) is 3.01. The Morgan fingerprint density at radius 2 is 1.81 bits per heavy atom. The number of halogens is 1. The predicted molar refractivity (Wildman–Crippen MR) is 62.9 cm³/mol. The maximum Gasteiger partial charge on any atom is 0.269 e. The lowest BCUT2D eigenvalue weighted by molar-refractivity contribution is -0.123. The van der Waals surface area contributed by atoms with Gasteiger partial charge in [0, 0.05) is 18.0 Å². The number of hydrogen-bond acceptors (Lipinski definition) is 3. The Hall–Kier alpha value is -1.43. The van der Waals surface area contributed by atoms with Gasteiger partial charge in [-0.3, -0.25) is 25.4 Å². The Balaban J connectivity index is 2.52. The van der Waals surface area contributed by atoms with Crippen LogP contribution in [0.5, 0.6) is 0 Å². The van der Waals surface area contributed by atoms with E-state index in [2.05, 4.69) is 31.8 Å². The number of alkyl halides is 1. The van der Waals surface area contributed by atoms with E-state index in [1.54, 1.807) is 26.0 Å². The molecule has 0 atom stereocenters. The van der Waals surface area contributed by atoms with E-state index in [0.29, 0.717) is 5.56 Å². The van der Waals surface area contributed by atoms with Gasteiger partial charge in [-0.2, -0.15) is 0 Å². The zero-order chi connectivity index (χ0) is 12.2. The number of amides is 2. The van der Waals surface area contributed by atoms with Crippen molar-refractivity contribution in [3.05, 3.63) is 30.1 Å². The second-order valence-corrected chi connectivity index (χ2v) is 5.60. The maximum absolute atomic E-state index is 11.5. The van der Waals surface area contributed by atoms with E-state index in [1.807, 2.05) is 0 Å². The van der Waals surface area contributed by atoms with Gasteiger partial charge in [-0.05, 0) is 26.0 Å². The Bertz CT molecular complexity index is 387. The van der Waals surface area contributed by atoms with Crippen molar-refractivity contribution in [1.82, 2.24) is 15.8 Å². The lowest BCUT2D eigenvalue weighted by Gasteiger charge is -2.16. The standard InChI is InChI=1S/C10H12BrN3O2/c1-10(2,11)9(16)14-13-8(15)7-3-5-12-6-4-7/h3-6H,1-2H3,(H,13,15)(H,14,16). The van der Waals surface area contributed by atoms with Crippen molar-refractivity contribution < 1.29 is 9.59 Å². The fraction of sp³-hybridized carbons (Fsp3) is 0.300. The van der Waals surface area contributed by atoms with Crippen LogP contribution in [0.4, 0.5) is 0 Å². The average Bonchev–Trinajstić information content (AvgIpc) is 2.25.